The zero-order valence-corrected chi connectivity index (χ0v) is 13.0. The minimum Gasteiger partial charge on any atom is -0.402 e. The van der Waals surface area contributed by atoms with Crippen molar-refractivity contribution in [1.82, 2.24) is 0 Å². The lowest BCUT2D eigenvalue weighted by molar-refractivity contribution is 0.278. The van der Waals surface area contributed by atoms with E-state index >= 15 is 0 Å². The fraction of sp³-hybridized carbons (Fsp3) is 0.294. The number of benzene rings is 2. The third-order valence-electron chi connectivity index (χ3n) is 3.29. The Morgan fingerprint density at radius 2 is 1.52 bits per heavy atom. The molecule has 0 spiro atoms. The fourth-order valence-corrected chi connectivity index (χ4v) is 2.16. The molecule has 2 rings (SSSR count). The topological polar surface area (TPSA) is 60.7 Å². The van der Waals surface area contributed by atoms with Crippen LogP contribution in [0.2, 0.25) is 0 Å². The molecule has 0 atom stereocenters. The maximum Gasteiger partial charge on any atom is 0.631 e. The predicted octanol–water partition coefficient (Wildman–Crippen LogP) is 3.31. The smallest absolute Gasteiger partial charge is 0.402 e. The van der Waals surface area contributed by atoms with E-state index in [0.717, 1.165) is 18.1 Å². The van der Waals surface area contributed by atoms with Crippen molar-refractivity contribution < 1.29 is 23.9 Å². The predicted molar refractivity (Wildman–Crippen MR) is 87.4 cm³/mol. The van der Waals surface area contributed by atoms with Crippen LogP contribution < -0.4 is 0 Å². The molecule has 0 aliphatic heterocycles. The van der Waals surface area contributed by atoms with Crippen LogP contribution in [0.15, 0.2) is 42.5 Å². The Morgan fingerprint density at radius 3 is 2.09 bits per heavy atom. The van der Waals surface area contributed by atoms with Crippen LogP contribution in [0, 0.1) is 11.6 Å². The van der Waals surface area contributed by atoms with Crippen molar-refractivity contribution in [2.75, 3.05) is 0 Å². The van der Waals surface area contributed by atoms with Gasteiger partial charge in [-0.05, 0) is 30.0 Å². The van der Waals surface area contributed by atoms with E-state index in [9.17, 15) is 8.78 Å². The van der Waals surface area contributed by atoms with Gasteiger partial charge in [-0.1, -0.05) is 56.2 Å². The van der Waals surface area contributed by atoms with Crippen LogP contribution in [0.5, 0.6) is 0 Å². The molecule has 124 valence electrons. The molecule has 6 heteroatoms. The molecule has 0 heterocycles. The Labute approximate surface area is 135 Å². The zero-order chi connectivity index (χ0) is 17.2. The summed E-state index contributed by atoms with van der Waals surface area (Å²) in [7, 11) is -2.17. The quantitative estimate of drug-likeness (QED) is 0.585. The summed E-state index contributed by atoms with van der Waals surface area (Å²) in [5.74, 6) is -1.58. The Balaban J connectivity index is 0.000000593. The number of halogens is 2. The number of aryl methyl sites for hydroxylation is 1. The van der Waals surface area contributed by atoms with Gasteiger partial charge in [0.1, 0.15) is 0 Å². The highest BCUT2D eigenvalue weighted by Gasteiger charge is 2.09. The van der Waals surface area contributed by atoms with Gasteiger partial charge in [0, 0.05) is 5.56 Å². The number of rotatable bonds is 5. The van der Waals surface area contributed by atoms with Crippen LogP contribution in [0.1, 0.15) is 31.7 Å². The van der Waals surface area contributed by atoms with Crippen LogP contribution in [-0.2, 0) is 6.42 Å². The highest BCUT2D eigenvalue weighted by molar-refractivity contribution is 6.30. The first-order valence-corrected chi connectivity index (χ1v) is 7.53. The second-order valence-corrected chi connectivity index (χ2v) is 5.10. The largest absolute Gasteiger partial charge is 0.631 e. The summed E-state index contributed by atoms with van der Waals surface area (Å²) in [4.78, 5) is 0. The van der Waals surface area contributed by atoms with Crippen molar-refractivity contribution in [3.63, 3.8) is 0 Å². The highest BCUT2D eigenvalue weighted by atomic mass is 19.2. The van der Waals surface area contributed by atoms with Crippen LogP contribution >= 0.6 is 0 Å². The summed E-state index contributed by atoms with van der Waals surface area (Å²) in [5.41, 5.74) is 2.28. The molecule has 0 fully saturated rings. The van der Waals surface area contributed by atoms with E-state index in [2.05, 4.69) is 6.92 Å². The summed E-state index contributed by atoms with van der Waals surface area (Å²) in [5, 5.41) is 21.5. The van der Waals surface area contributed by atoms with Gasteiger partial charge in [0.2, 0.25) is 0 Å². The lowest BCUT2D eigenvalue weighted by Crippen LogP contribution is -2.07. The van der Waals surface area contributed by atoms with E-state index < -0.39 is 19.0 Å². The molecule has 2 aromatic carbocycles. The Hall–Kier alpha value is -1.76. The van der Waals surface area contributed by atoms with E-state index in [-0.39, 0.29) is 0 Å². The maximum absolute atomic E-state index is 13.7. The van der Waals surface area contributed by atoms with Gasteiger partial charge in [-0.3, -0.25) is 0 Å². The van der Waals surface area contributed by atoms with Crippen molar-refractivity contribution in [2.45, 2.75) is 32.6 Å². The van der Waals surface area contributed by atoms with Crippen LogP contribution in [0.25, 0.3) is 11.1 Å². The first-order chi connectivity index (χ1) is 11.0. The molecule has 0 radical (unpaired) electrons. The third-order valence-corrected chi connectivity index (χ3v) is 3.29. The second kappa shape index (κ2) is 10.1. The van der Waals surface area contributed by atoms with Gasteiger partial charge in [0.05, 0.1) is 0 Å². The first-order valence-electron chi connectivity index (χ1n) is 7.53. The molecule has 0 saturated carbocycles. The molecule has 0 aromatic heterocycles. The summed E-state index contributed by atoms with van der Waals surface area (Å²) < 4.78 is 26.8. The van der Waals surface area contributed by atoms with Crippen LogP contribution in [0.4, 0.5) is 8.78 Å². The zero-order valence-electron chi connectivity index (χ0n) is 13.0. The molecule has 0 aliphatic carbocycles. The van der Waals surface area contributed by atoms with E-state index in [4.69, 9.17) is 15.1 Å². The van der Waals surface area contributed by atoms with Crippen molar-refractivity contribution >= 4 is 7.32 Å². The molecule has 3 N–H and O–H groups in total. The van der Waals surface area contributed by atoms with Crippen molar-refractivity contribution in [1.29, 1.82) is 0 Å². The molecule has 0 aliphatic rings. The molecule has 23 heavy (non-hydrogen) atoms. The fourth-order valence-electron chi connectivity index (χ4n) is 2.16. The van der Waals surface area contributed by atoms with Crippen molar-refractivity contribution in [3.8, 4) is 11.1 Å². The highest BCUT2D eigenvalue weighted by Crippen LogP contribution is 2.25. The molecular formula is C17H21BF2O3. The average Bonchev–Trinajstić information content (AvgIpc) is 2.51. The maximum atomic E-state index is 13.7. The number of hydrogen-bond acceptors (Lipinski definition) is 3. The van der Waals surface area contributed by atoms with E-state index in [1.54, 1.807) is 6.07 Å². The molecular weight excluding hydrogens is 301 g/mol. The summed E-state index contributed by atoms with van der Waals surface area (Å²) in [6.45, 7) is 2.18. The molecule has 0 bridgehead atoms. The summed E-state index contributed by atoms with van der Waals surface area (Å²) in [6.07, 6.45) is 4.64. The van der Waals surface area contributed by atoms with Crippen LogP contribution in [0.3, 0.4) is 0 Å². The van der Waals surface area contributed by atoms with Crippen molar-refractivity contribution in [3.05, 3.63) is 59.7 Å². The van der Waals surface area contributed by atoms with E-state index in [1.807, 2.05) is 24.3 Å². The average molecular weight is 322 g/mol. The monoisotopic (exact) mass is 322 g/mol. The standard InChI is InChI=1S/C17H18F2.BH3O3/c1-2-3-4-6-13-9-11-14(12-10-13)15-7-5-8-16(18)17(15)19;2-1(3)4/h5,7-12H,2-4,6H2,1H3;2-4H. The van der Waals surface area contributed by atoms with Gasteiger partial charge in [-0.15, -0.1) is 0 Å². The molecule has 3 nitrogen and oxygen atoms in total. The Kier molecular flexibility index (Phi) is 8.47. The third kappa shape index (κ3) is 6.90. The molecule has 0 unspecified atom stereocenters. The summed E-state index contributed by atoms with van der Waals surface area (Å²) in [6, 6.07) is 12.0. The number of unbranched alkanes of at least 4 members (excludes halogenated alkanes) is 2. The molecule has 0 saturated heterocycles. The lowest BCUT2D eigenvalue weighted by Gasteiger charge is -2.06. The number of hydrogen-bond donors (Lipinski definition) is 3. The summed E-state index contributed by atoms with van der Waals surface area (Å²) >= 11 is 0. The molecule has 2 aromatic rings. The normalized spacial score (nSPS) is 10.0. The van der Waals surface area contributed by atoms with Gasteiger partial charge in [0.15, 0.2) is 11.6 Å². The van der Waals surface area contributed by atoms with E-state index in [0.29, 0.717) is 5.56 Å². The Bertz CT molecular complexity index is 586. The minimum atomic E-state index is -2.17. The second-order valence-electron chi connectivity index (χ2n) is 5.10. The van der Waals surface area contributed by atoms with Gasteiger partial charge in [-0.25, -0.2) is 8.78 Å². The van der Waals surface area contributed by atoms with E-state index in [1.165, 1.54) is 30.9 Å². The van der Waals surface area contributed by atoms with Crippen molar-refractivity contribution in [2.24, 2.45) is 0 Å². The minimum absolute atomic E-state index is 0.320. The first kappa shape index (κ1) is 19.3. The molecule has 0 amide bonds. The van der Waals surface area contributed by atoms with Gasteiger partial charge >= 0.3 is 7.32 Å². The van der Waals surface area contributed by atoms with Gasteiger partial charge in [0.25, 0.3) is 0 Å². The lowest BCUT2D eigenvalue weighted by atomic mass is 10.0. The Morgan fingerprint density at radius 1 is 0.913 bits per heavy atom. The van der Waals surface area contributed by atoms with Gasteiger partial charge in [-0.2, -0.15) is 0 Å². The van der Waals surface area contributed by atoms with Gasteiger partial charge < -0.3 is 15.1 Å². The SMILES string of the molecule is CCCCCc1ccc(-c2cccc(F)c2F)cc1.OB(O)O. The van der Waals surface area contributed by atoms with Crippen LogP contribution in [-0.4, -0.2) is 22.4 Å².